The molecule has 2 aliphatic heterocycles. The highest BCUT2D eigenvalue weighted by Gasteiger charge is 2.41. The van der Waals surface area contributed by atoms with E-state index in [0.717, 1.165) is 38.4 Å². The molecule has 2 fully saturated rings. The molecule has 126 valence electrons. The Bertz CT molecular complexity index is 409. The van der Waals surface area contributed by atoms with E-state index in [9.17, 15) is 9.59 Å². The number of nitrogens with zero attached hydrogens (tertiary/aromatic N) is 2. The van der Waals surface area contributed by atoms with Gasteiger partial charge in [-0.1, -0.05) is 0 Å². The van der Waals surface area contributed by atoms with Crippen LogP contribution in [0.15, 0.2) is 0 Å². The van der Waals surface area contributed by atoms with Crippen molar-refractivity contribution in [3.05, 3.63) is 0 Å². The normalized spacial score (nSPS) is 24.2. The van der Waals surface area contributed by atoms with Crippen molar-refractivity contribution in [3.63, 3.8) is 0 Å². The molecule has 0 aromatic carbocycles. The molecule has 0 aromatic heterocycles. The smallest absolute Gasteiger partial charge is 0.227 e. The number of carbonyl (C=O) groups excluding carboxylic acids is 2. The van der Waals surface area contributed by atoms with E-state index in [2.05, 4.69) is 5.32 Å². The van der Waals surface area contributed by atoms with E-state index in [1.807, 2.05) is 37.6 Å². The molecular weight excluding hydrogens is 278 g/mol. The Balaban J connectivity index is 1.85. The minimum Gasteiger partial charge on any atom is -0.342 e. The number of piperidine rings is 1. The van der Waals surface area contributed by atoms with E-state index in [1.165, 1.54) is 6.42 Å². The number of carbonyl (C=O) groups is 2. The Labute approximate surface area is 134 Å². The van der Waals surface area contributed by atoms with Crippen LogP contribution in [0.25, 0.3) is 0 Å². The lowest BCUT2D eigenvalue weighted by atomic mass is 9.92. The summed E-state index contributed by atoms with van der Waals surface area (Å²) in [6, 6.07) is 0. The van der Waals surface area contributed by atoms with Gasteiger partial charge in [-0.15, -0.1) is 0 Å². The van der Waals surface area contributed by atoms with Crippen LogP contribution < -0.4 is 5.32 Å². The van der Waals surface area contributed by atoms with Crippen molar-refractivity contribution in [3.8, 4) is 0 Å². The second kappa shape index (κ2) is 6.99. The number of amides is 2. The van der Waals surface area contributed by atoms with Gasteiger partial charge in [-0.05, 0) is 59.5 Å². The first kappa shape index (κ1) is 17.3. The third-order valence-corrected chi connectivity index (χ3v) is 5.01. The maximum atomic E-state index is 12.7. The van der Waals surface area contributed by atoms with Gasteiger partial charge in [-0.2, -0.15) is 0 Å². The van der Waals surface area contributed by atoms with Crippen molar-refractivity contribution in [2.45, 2.75) is 52.0 Å². The summed E-state index contributed by atoms with van der Waals surface area (Å²) in [5.74, 6) is 0.898. The Kier molecular flexibility index (Phi) is 5.48. The van der Waals surface area contributed by atoms with Gasteiger partial charge in [0.1, 0.15) is 0 Å². The molecule has 0 aromatic rings. The second-order valence-electron chi connectivity index (χ2n) is 7.74. The van der Waals surface area contributed by atoms with E-state index >= 15 is 0 Å². The monoisotopic (exact) mass is 309 g/mol. The molecule has 0 bridgehead atoms. The number of nitrogens with one attached hydrogen (secondary N) is 1. The van der Waals surface area contributed by atoms with Crippen LogP contribution in [0.5, 0.6) is 0 Å². The van der Waals surface area contributed by atoms with Gasteiger partial charge in [0.15, 0.2) is 0 Å². The van der Waals surface area contributed by atoms with Crippen LogP contribution in [0.2, 0.25) is 0 Å². The summed E-state index contributed by atoms with van der Waals surface area (Å²) in [7, 11) is 1.98. The maximum absolute atomic E-state index is 12.7. The van der Waals surface area contributed by atoms with Crippen molar-refractivity contribution in [2.75, 3.05) is 33.2 Å². The van der Waals surface area contributed by atoms with E-state index in [-0.39, 0.29) is 23.3 Å². The Hall–Kier alpha value is -1.10. The lowest BCUT2D eigenvalue weighted by molar-refractivity contribution is -0.137. The van der Waals surface area contributed by atoms with E-state index in [0.29, 0.717) is 13.0 Å². The summed E-state index contributed by atoms with van der Waals surface area (Å²) in [6.07, 6.45) is 3.77. The Morgan fingerprint density at radius 1 is 1.27 bits per heavy atom. The van der Waals surface area contributed by atoms with Crippen LogP contribution in [0.1, 0.15) is 46.5 Å². The molecule has 0 saturated carbocycles. The fraction of sp³-hybridized carbons (Fsp3) is 0.882. The lowest BCUT2D eigenvalue weighted by Gasteiger charge is -2.34. The van der Waals surface area contributed by atoms with Crippen LogP contribution in [0.3, 0.4) is 0 Å². The Morgan fingerprint density at radius 2 is 1.91 bits per heavy atom. The fourth-order valence-corrected chi connectivity index (χ4v) is 3.57. The third kappa shape index (κ3) is 4.00. The molecule has 0 spiro atoms. The summed E-state index contributed by atoms with van der Waals surface area (Å²) in [5, 5.41) is 3.19. The average Bonchev–Trinajstić information content (AvgIpc) is 2.87. The van der Waals surface area contributed by atoms with E-state index in [4.69, 9.17) is 0 Å². The average molecular weight is 309 g/mol. The first-order valence-electron chi connectivity index (χ1n) is 8.56. The van der Waals surface area contributed by atoms with Gasteiger partial charge in [0, 0.05) is 31.6 Å². The maximum Gasteiger partial charge on any atom is 0.227 e. The van der Waals surface area contributed by atoms with Crippen LogP contribution in [-0.4, -0.2) is 60.4 Å². The highest BCUT2D eigenvalue weighted by molar-refractivity contribution is 5.89. The first-order valence-corrected chi connectivity index (χ1v) is 8.56. The highest BCUT2D eigenvalue weighted by atomic mass is 16.2. The second-order valence-corrected chi connectivity index (χ2v) is 7.74. The van der Waals surface area contributed by atoms with Crippen LogP contribution >= 0.6 is 0 Å². The number of rotatable bonds is 4. The zero-order valence-corrected chi connectivity index (χ0v) is 14.5. The fourth-order valence-electron chi connectivity index (χ4n) is 3.57. The van der Waals surface area contributed by atoms with Gasteiger partial charge in [0.2, 0.25) is 11.8 Å². The molecule has 0 radical (unpaired) electrons. The van der Waals surface area contributed by atoms with Crippen molar-refractivity contribution >= 4 is 11.8 Å². The van der Waals surface area contributed by atoms with Gasteiger partial charge in [0.05, 0.1) is 5.92 Å². The molecule has 5 nitrogen and oxygen atoms in total. The van der Waals surface area contributed by atoms with Gasteiger partial charge in [-0.3, -0.25) is 9.59 Å². The van der Waals surface area contributed by atoms with Gasteiger partial charge >= 0.3 is 0 Å². The van der Waals surface area contributed by atoms with Crippen molar-refractivity contribution in [1.82, 2.24) is 15.1 Å². The molecule has 1 atom stereocenters. The first-order chi connectivity index (χ1) is 10.3. The van der Waals surface area contributed by atoms with E-state index < -0.39 is 0 Å². The molecule has 1 N–H and O–H groups in total. The molecule has 22 heavy (non-hydrogen) atoms. The summed E-state index contributed by atoms with van der Waals surface area (Å²) in [5.41, 5.74) is -0.188. The van der Waals surface area contributed by atoms with E-state index in [1.54, 1.807) is 0 Å². The molecule has 1 unspecified atom stereocenters. The molecular formula is C17H31N3O2. The number of hydrogen-bond donors (Lipinski definition) is 1. The largest absolute Gasteiger partial charge is 0.342 e. The number of likely N-dealkylation sites (tertiary alicyclic amines) is 2. The SMILES string of the molecule is CNCCC1CCN(C(=O)C2CC(=O)N(C(C)(C)C)C2)CC1. The quantitative estimate of drug-likeness (QED) is 0.856. The predicted octanol–water partition coefficient (Wildman–Crippen LogP) is 1.48. The lowest BCUT2D eigenvalue weighted by Crippen LogP contribution is -2.45. The summed E-state index contributed by atoms with van der Waals surface area (Å²) < 4.78 is 0. The highest BCUT2D eigenvalue weighted by Crippen LogP contribution is 2.28. The van der Waals surface area contributed by atoms with Gasteiger partial charge in [-0.25, -0.2) is 0 Å². The minimum absolute atomic E-state index is 0.120. The van der Waals surface area contributed by atoms with Gasteiger partial charge in [0.25, 0.3) is 0 Å². The molecule has 2 heterocycles. The third-order valence-electron chi connectivity index (χ3n) is 5.01. The summed E-state index contributed by atoms with van der Waals surface area (Å²) >= 11 is 0. The topological polar surface area (TPSA) is 52.7 Å². The number of hydrogen-bond acceptors (Lipinski definition) is 3. The minimum atomic E-state index is -0.188. The molecule has 0 aliphatic carbocycles. The predicted molar refractivity (Wildman–Crippen MR) is 87.4 cm³/mol. The zero-order chi connectivity index (χ0) is 16.3. The molecule has 2 amide bonds. The molecule has 2 rings (SSSR count). The zero-order valence-electron chi connectivity index (χ0n) is 14.5. The Morgan fingerprint density at radius 3 is 2.41 bits per heavy atom. The van der Waals surface area contributed by atoms with Crippen molar-refractivity contribution < 1.29 is 9.59 Å². The van der Waals surface area contributed by atoms with Gasteiger partial charge < -0.3 is 15.1 Å². The van der Waals surface area contributed by atoms with Crippen molar-refractivity contribution in [2.24, 2.45) is 11.8 Å². The van der Waals surface area contributed by atoms with Crippen LogP contribution in [0.4, 0.5) is 0 Å². The van der Waals surface area contributed by atoms with Crippen LogP contribution in [0, 0.1) is 11.8 Å². The van der Waals surface area contributed by atoms with Crippen LogP contribution in [-0.2, 0) is 9.59 Å². The molecule has 2 aliphatic rings. The standard InChI is InChI=1S/C17H31N3O2/c1-17(2,3)20-12-14(11-15(20)21)16(22)19-9-6-13(7-10-19)5-8-18-4/h13-14,18H,5-12H2,1-4H3. The van der Waals surface area contributed by atoms with Crippen molar-refractivity contribution in [1.29, 1.82) is 0 Å². The molecule has 2 saturated heterocycles. The molecule has 5 heteroatoms. The summed E-state index contributed by atoms with van der Waals surface area (Å²) in [4.78, 5) is 28.7. The summed E-state index contributed by atoms with van der Waals surface area (Å²) in [6.45, 7) is 9.44.